The van der Waals surface area contributed by atoms with Crippen molar-refractivity contribution in [3.63, 3.8) is 0 Å². The number of aromatic nitrogens is 2. The summed E-state index contributed by atoms with van der Waals surface area (Å²) in [6.45, 7) is 2.46. The van der Waals surface area contributed by atoms with Crippen LogP contribution in [0.3, 0.4) is 0 Å². The zero-order valence-corrected chi connectivity index (χ0v) is 8.51. The Kier molecular flexibility index (Phi) is 3.08. The molecule has 0 atom stereocenters. The number of nitrogens with zero attached hydrogens (tertiary/aromatic N) is 3. The predicted molar refractivity (Wildman–Crippen MR) is 49.2 cm³/mol. The van der Waals surface area contributed by atoms with Crippen molar-refractivity contribution in [1.29, 1.82) is 0 Å². The molecule has 0 aliphatic carbocycles. The van der Waals surface area contributed by atoms with E-state index in [-0.39, 0.29) is 5.16 Å². The van der Waals surface area contributed by atoms with Crippen LogP contribution in [-0.4, -0.2) is 35.6 Å². The first kappa shape index (κ1) is 11.3. The van der Waals surface area contributed by atoms with Crippen LogP contribution in [0.15, 0.2) is 14.7 Å². The third kappa shape index (κ3) is 2.68. The van der Waals surface area contributed by atoms with Crippen molar-refractivity contribution < 1.29 is 22.4 Å². The molecule has 0 fully saturated rings. The molecular weight excluding hydrogens is 246 g/mol. The lowest BCUT2D eigenvalue weighted by molar-refractivity contribution is -0.159. The van der Waals surface area contributed by atoms with E-state index in [9.17, 15) is 13.2 Å². The maximum atomic E-state index is 12.1. The minimum atomic E-state index is -4.62. The van der Waals surface area contributed by atoms with Gasteiger partial charge in [0.15, 0.2) is 0 Å². The molecule has 16 heavy (non-hydrogen) atoms. The summed E-state index contributed by atoms with van der Waals surface area (Å²) in [5.41, 5.74) is 0. The normalized spacial score (nSPS) is 15.8. The van der Waals surface area contributed by atoms with Crippen LogP contribution >= 0.6 is 11.6 Å². The largest absolute Gasteiger partial charge is 0.488 e. The fourth-order valence-corrected chi connectivity index (χ4v) is 1.46. The van der Waals surface area contributed by atoms with Crippen LogP contribution in [0.1, 0.15) is 5.89 Å². The summed E-state index contributed by atoms with van der Waals surface area (Å²) in [5, 5.41) is 3.02. The Morgan fingerprint density at radius 3 is 2.75 bits per heavy atom. The predicted octanol–water partition coefficient (Wildman–Crippen LogP) is 1.19. The Labute approximate surface area is 92.6 Å². The lowest BCUT2D eigenvalue weighted by Crippen LogP contribution is -2.07. The minimum absolute atomic E-state index is 0.134. The Balaban J connectivity index is 1.92. The van der Waals surface area contributed by atoms with E-state index < -0.39 is 12.1 Å². The molecular formula is C6H4BF3N3O2S. The first-order chi connectivity index (χ1) is 7.55. The second kappa shape index (κ2) is 4.36. The molecule has 85 valence electrons. The minimum Gasteiger partial charge on any atom is -0.488 e. The monoisotopic (exact) mass is 250 g/mol. The third-order valence-corrected chi connectivity index (χ3v) is 2.22. The fourth-order valence-electron chi connectivity index (χ4n) is 0.899. The van der Waals surface area contributed by atoms with Gasteiger partial charge in [-0.1, -0.05) is 5.16 Å². The molecule has 1 aliphatic rings. The van der Waals surface area contributed by atoms with Gasteiger partial charge in [0.25, 0.3) is 0 Å². The van der Waals surface area contributed by atoms with Gasteiger partial charge in [0.2, 0.25) is 5.16 Å². The second-order valence-electron chi connectivity index (χ2n) is 2.68. The van der Waals surface area contributed by atoms with E-state index in [1.165, 1.54) is 6.56 Å². The molecule has 0 saturated heterocycles. The van der Waals surface area contributed by atoms with Gasteiger partial charge in [0.1, 0.15) is 12.4 Å². The van der Waals surface area contributed by atoms with Crippen LogP contribution in [0.2, 0.25) is 0 Å². The van der Waals surface area contributed by atoms with Gasteiger partial charge in [-0.3, -0.25) is 4.99 Å². The van der Waals surface area contributed by atoms with E-state index in [4.69, 9.17) is 4.74 Å². The van der Waals surface area contributed by atoms with Crippen molar-refractivity contribution in [2.24, 2.45) is 4.99 Å². The maximum absolute atomic E-state index is 12.1. The summed E-state index contributed by atoms with van der Waals surface area (Å²) in [6.07, 6.45) is -4.62. The topological polar surface area (TPSA) is 60.5 Å². The van der Waals surface area contributed by atoms with Gasteiger partial charge < -0.3 is 9.26 Å². The Bertz CT molecular complexity index is 408. The zero-order chi connectivity index (χ0) is 11.6. The lowest BCUT2D eigenvalue weighted by Gasteiger charge is -1.96. The quantitative estimate of drug-likeness (QED) is 0.754. The molecule has 0 bridgehead atoms. The molecule has 0 spiro atoms. The molecule has 1 radical (unpaired) electrons. The summed E-state index contributed by atoms with van der Waals surface area (Å²) >= 11 is 0.858. The van der Waals surface area contributed by atoms with Crippen LogP contribution in [0.4, 0.5) is 13.2 Å². The number of ether oxygens (including phenoxy) is 1. The van der Waals surface area contributed by atoms with Crippen molar-refractivity contribution in [3.8, 4) is 0 Å². The molecule has 0 aromatic carbocycles. The number of aliphatic imine (C=N–C) groups is 1. The SMILES string of the molecule is FC(F)(F)c1nc(S[B]C2=NCCO2)no1. The smallest absolute Gasteiger partial charge is 0.471 e. The highest BCUT2D eigenvalue weighted by molar-refractivity contribution is 8.24. The Morgan fingerprint density at radius 2 is 2.19 bits per heavy atom. The van der Waals surface area contributed by atoms with Crippen LogP contribution < -0.4 is 0 Å². The van der Waals surface area contributed by atoms with E-state index in [0.717, 1.165) is 11.6 Å². The summed E-state index contributed by atoms with van der Waals surface area (Å²) in [7, 11) is 0. The molecule has 1 aromatic rings. The number of alkyl halides is 3. The van der Waals surface area contributed by atoms with Crippen LogP contribution in [-0.2, 0) is 10.9 Å². The summed E-state index contributed by atoms with van der Waals surface area (Å²) in [6, 6.07) is 0. The van der Waals surface area contributed by atoms with Crippen LogP contribution in [0, 0.1) is 0 Å². The van der Waals surface area contributed by atoms with E-state index >= 15 is 0 Å². The van der Waals surface area contributed by atoms with E-state index in [2.05, 4.69) is 19.7 Å². The molecule has 2 rings (SSSR count). The Morgan fingerprint density at radius 1 is 1.38 bits per heavy atom. The van der Waals surface area contributed by atoms with Gasteiger partial charge in [-0.05, 0) is 0 Å². The van der Waals surface area contributed by atoms with Crippen molar-refractivity contribution >= 4 is 24.0 Å². The number of halogens is 3. The molecule has 0 amide bonds. The highest BCUT2D eigenvalue weighted by Gasteiger charge is 2.38. The summed E-state index contributed by atoms with van der Waals surface area (Å²) in [5.74, 6) is -0.999. The lowest BCUT2D eigenvalue weighted by atomic mass is 10.1. The van der Waals surface area contributed by atoms with Crippen molar-refractivity contribution in [3.05, 3.63) is 5.89 Å². The number of hydrogen-bond acceptors (Lipinski definition) is 6. The molecule has 10 heteroatoms. The first-order valence-electron chi connectivity index (χ1n) is 4.14. The van der Waals surface area contributed by atoms with Gasteiger partial charge in [-0.2, -0.15) is 18.2 Å². The molecule has 0 unspecified atom stereocenters. The van der Waals surface area contributed by atoms with E-state index in [1.807, 2.05) is 0 Å². The molecule has 0 saturated carbocycles. The number of hydrogen-bond donors (Lipinski definition) is 0. The first-order valence-corrected chi connectivity index (χ1v) is 5.02. The average Bonchev–Trinajstić information content (AvgIpc) is 2.85. The highest BCUT2D eigenvalue weighted by Crippen LogP contribution is 2.28. The van der Waals surface area contributed by atoms with Crippen molar-refractivity contribution in [1.82, 2.24) is 10.1 Å². The van der Waals surface area contributed by atoms with Gasteiger partial charge >= 0.3 is 18.6 Å². The molecule has 1 aliphatic heterocycles. The van der Waals surface area contributed by atoms with Crippen molar-refractivity contribution in [2.45, 2.75) is 11.3 Å². The average molecular weight is 250 g/mol. The van der Waals surface area contributed by atoms with Crippen LogP contribution in [0.5, 0.6) is 0 Å². The molecule has 1 aromatic heterocycles. The van der Waals surface area contributed by atoms with Gasteiger partial charge in [-0.15, -0.1) is 11.6 Å². The Hall–Kier alpha value is -1.19. The fraction of sp³-hybridized carbons (Fsp3) is 0.500. The van der Waals surface area contributed by atoms with Crippen molar-refractivity contribution in [2.75, 3.05) is 13.2 Å². The molecule has 0 N–H and O–H groups in total. The third-order valence-electron chi connectivity index (χ3n) is 1.52. The van der Waals surface area contributed by atoms with Gasteiger partial charge in [-0.25, -0.2) is 0 Å². The summed E-state index contributed by atoms with van der Waals surface area (Å²) < 4.78 is 45.3. The maximum Gasteiger partial charge on any atom is 0.471 e. The second-order valence-corrected chi connectivity index (χ2v) is 3.52. The van der Waals surface area contributed by atoms with E-state index in [1.54, 1.807) is 0 Å². The molecule has 5 nitrogen and oxygen atoms in total. The summed E-state index contributed by atoms with van der Waals surface area (Å²) in [4.78, 5) is 7.08. The standard InChI is InChI=1S/C6H4BF3N3O2S/c8-6(9,10)3-12-5(13-15-3)16-7-4-11-1-2-14-4/h1-2H2. The van der Waals surface area contributed by atoms with Gasteiger partial charge in [0.05, 0.1) is 6.54 Å². The van der Waals surface area contributed by atoms with Crippen LogP contribution in [0.25, 0.3) is 0 Å². The van der Waals surface area contributed by atoms with Gasteiger partial charge in [0, 0.05) is 0 Å². The highest BCUT2D eigenvalue weighted by atomic mass is 32.2. The van der Waals surface area contributed by atoms with E-state index in [0.29, 0.717) is 18.9 Å². The zero-order valence-electron chi connectivity index (χ0n) is 7.69. The number of rotatable bonds is 3. The molecule has 2 heterocycles.